The van der Waals surface area contributed by atoms with Gasteiger partial charge in [0.05, 0.1) is 36.4 Å². The Morgan fingerprint density at radius 3 is 1.95 bits per heavy atom. The summed E-state index contributed by atoms with van der Waals surface area (Å²) in [5.41, 5.74) is 1.82. The van der Waals surface area contributed by atoms with Crippen molar-refractivity contribution in [3.8, 4) is 0 Å². The molecule has 2 N–H and O–H groups in total. The van der Waals surface area contributed by atoms with E-state index in [9.17, 15) is 29.4 Å². The fourth-order valence-electron chi connectivity index (χ4n) is 9.99. The number of ether oxygens (including phenoxy) is 4. The van der Waals surface area contributed by atoms with E-state index in [1.54, 1.807) is 0 Å². The molecule has 1 aliphatic heterocycles. The average Bonchev–Trinajstić information content (AvgIpc) is 3.13. The molecule has 0 aromatic rings. The van der Waals surface area contributed by atoms with E-state index in [-0.39, 0.29) is 90.8 Å². The molecule has 10 nitrogen and oxygen atoms in total. The van der Waals surface area contributed by atoms with Crippen molar-refractivity contribution in [3.05, 3.63) is 47.6 Å². The minimum Gasteiger partial charge on any atom is -0.462 e. The molecular formula is C48H72O10. The van der Waals surface area contributed by atoms with Gasteiger partial charge in [-0.1, -0.05) is 84.9 Å². The molecule has 10 heteroatoms. The number of cyclic esters (lactones) is 1. The molecule has 0 amide bonds. The molecule has 1 saturated heterocycles. The average molecular weight is 809 g/mol. The van der Waals surface area contributed by atoms with Crippen LogP contribution in [0.25, 0.3) is 0 Å². The van der Waals surface area contributed by atoms with Crippen molar-refractivity contribution in [2.45, 2.75) is 170 Å². The van der Waals surface area contributed by atoms with Crippen LogP contribution in [-0.4, -0.2) is 70.7 Å². The minimum absolute atomic E-state index is 0.0220. The second-order valence-electron chi connectivity index (χ2n) is 19.5. The number of hydrogen-bond donors (Lipinski definition) is 2. The Labute approximate surface area is 347 Å². The van der Waals surface area contributed by atoms with E-state index in [1.807, 2.05) is 34.6 Å². The summed E-state index contributed by atoms with van der Waals surface area (Å²) in [6.45, 7) is 18.2. The van der Waals surface area contributed by atoms with Gasteiger partial charge >= 0.3 is 23.9 Å². The zero-order valence-corrected chi connectivity index (χ0v) is 36.6. The number of carbonyl (C=O) groups excluding carboxylic acids is 4. The largest absolute Gasteiger partial charge is 0.462 e. The highest BCUT2D eigenvalue weighted by molar-refractivity contribution is 5.76. The van der Waals surface area contributed by atoms with Crippen LogP contribution in [0.15, 0.2) is 47.6 Å². The molecule has 0 bridgehead atoms. The van der Waals surface area contributed by atoms with Crippen molar-refractivity contribution in [2.24, 2.45) is 58.7 Å². The zero-order chi connectivity index (χ0) is 42.5. The highest BCUT2D eigenvalue weighted by atomic mass is 16.6. The molecule has 0 aromatic carbocycles. The van der Waals surface area contributed by atoms with Crippen LogP contribution < -0.4 is 0 Å². The molecule has 58 heavy (non-hydrogen) atoms. The predicted octanol–water partition coefficient (Wildman–Crippen LogP) is 8.39. The third kappa shape index (κ3) is 11.7. The first-order valence-corrected chi connectivity index (χ1v) is 22.3. The maximum Gasteiger partial charge on any atom is 0.311 e. The summed E-state index contributed by atoms with van der Waals surface area (Å²) < 4.78 is 23.8. The van der Waals surface area contributed by atoms with Crippen LogP contribution in [0.1, 0.15) is 133 Å². The van der Waals surface area contributed by atoms with Crippen LogP contribution in [0.2, 0.25) is 0 Å². The van der Waals surface area contributed by atoms with E-state index in [0.717, 1.165) is 19.3 Å². The van der Waals surface area contributed by atoms with Gasteiger partial charge in [0.25, 0.3) is 0 Å². The molecular weight excluding hydrogens is 737 g/mol. The van der Waals surface area contributed by atoms with Crippen molar-refractivity contribution in [2.75, 3.05) is 0 Å². The number of rotatable bonds is 16. The van der Waals surface area contributed by atoms with E-state index >= 15 is 0 Å². The highest BCUT2D eigenvalue weighted by Gasteiger charge is 2.44. The molecule has 0 spiro atoms. The van der Waals surface area contributed by atoms with E-state index in [2.05, 4.69) is 64.2 Å². The lowest BCUT2D eigenvalue weighted by atomic mass is 9.65. The van der Waals surface area contributed by atoms with Gasteiger partial charge in [-0.15, -0.1) is 0 Å². The summed E-state index contributed by atoms with van der Waals surface area (Å²) in [7, 11) is 0. The molecule has 4 aliphatic carbocycles. The lowest BCUT2D eigenvalue weighted by Gasteiger charge is -2.44. The smallest absolute Gasteiger partial charge is 0.311 e. The van der Waals surface area contributed by atoms with Crippen molar-refractivity contribution in [1.29, 1.82) is 0 Å². The lowest BCUT2D eigenvalue weighted by Crippen LogP contribution is -2.43. The maximum absolute atomic E-state index is 13.2. The van der Waals surface area contributed by atoms with Gasteiger partial charge in [0.15, 0.2) is 0 Å². The summed E-state index contributed by atoms with van der Waals surface area (Å²) in [5.74, 6) is -0.126. The summed E-state index contributed by atoms with van der Waals surface area (Å²) in [5, 5.41) is 21.9. The number of aliphatic hydroxyl groups is 2. The van der Waals surface area contributed by atoms with Crippen LogP contribution in [0, 0.1) is 58.7 Å². The molecule has 7 unspecified atom stereocenters. The van der Waals surface area contributed by atoms with Gasteiger partial charge in [-0.3, -0.25) is 19.2 Å². The highest BCUT2D eigenvalue weighted by Crippen LogP contribution is 2.47. The van der Waals surface area contributed by atoms with E-state index in [0.29, 0.717) is 38.0 Å². The number of hydrogen-bond acceptors (Lipinski definition) is 10. The van der Waals surface area contributed by atoms with E-state index < -0.39 is 41.8 Å². The fourth-order valence-corrected chi connectivity index (χ4v) is 9.99. The molecule has 1 heterocycles. The van der Waals surface area contributed by atoms with E-state index in [4.69, 9.17) is 18.9 Å². The molecule has 5 aliphatic rings. The SMILES string of the molecule is CCC(C)(C)C(=O)O[C@H]1C[C@@H](C)C=C2C=CC(C)C(CCC3CC(OC(=O)C[C@@H](O)C[C@H](O)CCC4C(C)C=CC5=C[C@H](C)C[C@H](OC(=O)C(C)C)C54)CC(=O)O3)[C@@H]21. The first-order chi connectivity index (χ1) is 27.3. The third-order valence-corrected chi connectivity index (χ3v) is 13.7. The monoisotopic (exact) mass is 809 g/mol. The Bertz CT molecular complexity index is 1590. The zero-order valence-electron chi connectivity index (χ0n) is 36.6. The fraction of sp³-hybridized carbons (Fsp3) is 0.750. The number of fused-ring (bicyclic) bond motifs is 2. The number of carbonyl (C=O) groups is 4. The van der Waals surface area contributed by atoms with Crippen LogP contribution in [0.5, 0.6) is 0 Å². The molecule has 324 valence electrons. The minimum atomic E-state index is -1.10. The van der Waals surface area contributed by atoms with Gasteiger partial charge in [0.2, 0.25) is 0 Å². The predicted molar refractivity (Wildman–Crippen MR) is 222 cm³/mol. The topological polar surface area (TPSA) is 146 Å². The summed E-state index contributed by atoms with van der Waals surface area (Å²) >= 11 is 0. The summed E-state index contributed by atoms with van der Waals surface area (Å²) in [6.07, 6.45) is 14.6. The summed E-state index contributed by atoms with van der Waals surface area (Å²) in [4.78, 5) is 51.6. The van der Waals surface area contributed by atoms with Crippen molar-refractivity contribution in [1.82, 2.24) is 0 Å². The van der Waals surface area contributed by atoms with Crippen molar-refractivity contribution < 1.29 is 48.3 Å². The molecule has 0 aromatic heterocycles. The van der Waals surface area contributed by atoms with Crippen LogP contribution in [0.3, 0.4) is 0 Å². The normalized spacial score (nSPS) is 34.4. The van der Waals surface area contributed by atoms with E-state index in [1.165, 1.54) is 11.1 Å². The molecule has 0 saturated carbocycles. The molecule has 1 fully saturated rings. The standard InChI is InChI=1S/C48H72O10/c1-10-48(8,9)47(54)58-41-22-29(5)20-33-14-12-31(7)39(45(33)41)18-16-36-25-37(26-43(52)55-36)56-42(51)24-35(50)23-34(49)15-17-38-30(6)11-13-32-19-28(4)21-40(44(32)38)57-46(53)27(2)3/h11-14,19-20,27-31,34-41,44-45,49-50H,10,15-18,21-26H2,1-9H3/t28-,29-,30?,31?,34+,35-,36?,37?,38?,39?,40-,41-,44?,45+/m0/s1. The van der Waals surface area contributed by atoms with Crippen molar-refractivity contribution in [3.63, 3.8) is 0 Å². The Balaban J connectivity index is 1.11. The lowest BCUT2D eigenvalue weighted by molar-refractivity contribution is -0.172. The first-order valence-electron chi connectivity index (χ1n) is 22.3. The van der Waals surface area contributed by atoms with Crippen LogP contribution in [-0.2, 0) is 38.1 Å². The quantitative estimate of drug-likeness (QED) is 0.115. The van der Waals surface area contributed by atoms with Crippen LogP contribution >= 0.6 is 0 Å². The molecule has 14 atom stereocenters. The summed E-state index contributed by atoms with van der Waals surface area (Å²) in [6, 6.07) is 0. The first kappa shape index (κ1) is 45.8. The van der Waals surface area contributed by atoms with Crippen LogP contribution in [0.4, 0.5) is 0 Å². The second-order valence-corrected chi connectivity index (χ2v) is 19.5. The van der Waals surface area contributed by atoms with Gasteiger partial charge in [-0.05, 0) is 112 Å². The van der Waals surface area contributed by atoms with Gasteiger partial charge in [0, 0.05) is 18.3 Å². The maximum atomic E-state index is 13.2. The number of allylic oxidation sites excluding steroid dienone is 6. The Kier molecular flexibility index (Phi) is 15.7. The van der Waals surface area contributed by atoms with Gasteiger partial charge in [-0.2, -0.15) is 0 Å². The number of esters is 4. The molecule has 0 radical (unpaired) electrons. The van der Waals surface area contributed by atoms with Gasteiger partial charge in [-0.25, -0.2) is 0 Å². The Morgan fingerprint density at radius 2 is 1.38 bits per heavy atom. The third-order valence-electron chi connectivity index (χ3n) is 13.7. The van der Waals surface area contributed by atoms with Crippen molar-refractivity contribution >= 4 is 23.9 Å². The van der Waals surface area contributed by atoms with Gasteiger partial charge < -0.3 is 29.2 Å². The molecule has 5 rings (SSSR count). The Hall–Kier alpha value is -3.24. The number of aliphatic hydroxyl groups excluding tert-OH is 2. The second kappa shape index (κ2) is 19.9. The Morgan fingerprint density at radius 1 is 0.810 bits per heavy atom. The van der Waals surface area contributed by atoms with Gasteiger partial charge in [0.1, 0.15) is 24.4 Å².